The summed E-state index contributed by atoms with van der Waals surface area (Å²) in [6.07, 6.45) is 0. The van der Waals surface area contributed by atoms with Crippen molar-refractivity contribution < 1.29 is 23.9 Å². The minimum absolute atomic E-state index is 0.0405. The molecule has 6 nitrogen and oxygen atoms in total. The van der Waals surface area contributed by atoms with Crippen LogP contribution >= 0.6 is 0 Å². The van der Waals surface area contributed by atoms with Gasteiger partial charge in [0.2, 0.25) is 11.4 Å². The van der Waals surface area contributed by atoms with Crippen LogP contribution in [0, 0.1) is 0 Å². The SMILES string of the molecule is CCOC(=O)C(NC(C)=O)(C(=O)OCC)[C@H](c1ccccc1)c1ccc2ccccc2c1. The van der Waals surface area contributed by atoms with Gasteiger partial charge in [0.25, 0.3) is 0 Å². The molecule has 3 rings (SSSR count). The van der Waals surface area contributed by atoms with E-state index in [4.69, 9.17) is 9.47 Å². The third kappa shape index (κ3) is 4.49. The number of carbonyl (C=O) groups is 3. The van der Waals surface area contributed by atoms with Crippen LogP contribution in [0.1, 0.15) is 37.8 Å². The predicted molar refractivity (Wildman–Crippen MR) is 122 cm³/mol. The lowest BCUT2D eigenvalue weighted by molar-refractivity contribution is -0.169. The number of hydrogen-bond acceptors (Lipinski definition) is 5. The van der Waals surface area contributed by atoms with Crippen molar-refractivity contribution in [3.63, 3.8) is 0 Å². The minimum atomic E-state index is -2.10. The number of benzene rings is 3. The molecule has 0 spiro atoms. The van der Waals surface area contributed by atoms with Crippen LogP contribution in [0.25, 0.3) is 10.8 Å². The van der Waals surface area contributed by atoms with Crippen LogP contribution in [0.3, 0.4) is 0 Å². The number of esters is 2. The van der Waals surface area contributed by atoms with Crippen molar-refractivity contribution in [3.8, 4) is 0 Å². The van der Waals surface area contributed by atoms with Gasteiger partial charge >= 0.3 is 11.9 Å². The van der Waals surface area contributed by atoms with Crippen LogP contribution in [0.2, 0.25) is 0 Å². The van der Waals surface area contributed by atoms with E-state index in [0.717, 1.165) is 10.8 Å². The normalized spacial score (nSPS) is 12.1. The Morgan fingerprint density at radius 3 is 1.91 bits per heavy atom. The van der Waals surface area contributed by atoms with Gasteiger partial charge in [-0.3, -0.25) is 4.79 Å². The van der Waals surface area contributed by atoms with Gasteiger partial charge in [-0.15, -0.1) is 0 Å². The molecule has 1 atom stereocenters. The number of amides is 1. The monoisotopic (exact) mass is 433 g/mol. The molecule has 0 aliphatic rings. The van der Waals surface area contributed by atoms with Gasteiger partial charge in [-0.05, 0) is 35.7 Å². The summed E-state index contributed by atoms with van der Waals surface area (Å²) >= 11 is 0. The highest BCUT2D eigenvalue weighted by Gasteiger charge is 2.57. The number of rotatable bonds is 8. The molecule has 6 heteroatoms. The Hall–Kier alpha value is -3.67. The van der Waals surface area contributed by atoms with E-state index in [1.165, 1.54) is 6.92 Å². The maximum atomic E-state index is 13.4. The fourth-order valence-corrected chi connectivity index (χ4v) is 3.99. The van der Waals surface area contributed by atoms with Crippen molar-refractivity contribution in [2.75, 3.05) is 13.2 Å². The first-order valence-corrected chi connectivity index (χ1v) is 10.6. The van der Waals surface area contributed by atoms with Crippen molar-refractivity contribution in [3.05, 3.63) is 83.9 Å². The van der Waals surface area contributed by atoms with Crippen molar-refractivity contribution in [2.45, 2.75) is 32.2 Å². The van der Waals surface area contributed by atoms with Gasteiger partial charge in [0.15, 0.2) is 0 Å². The molecule has 0 saturated heterocycles. The Morgan fingerprint density at radius 2 is 1.34 bits per heavy atom. The van der Waals surface area contributed by atoms with Gasteiger partial charge in [-0.1, -0.05) is 72.8 Å². The Bertz CT molecular complexity index is 1090. The quantitative estimate of drug-likeness (QED) is 0.429. The maximum Gasteiger partial charge on any atom is 0.344 e. The second-order valence-corrected chi connectivity index (χ2v) is 7.38. The van der Waals surface area contributed by atoms with E-state index in [-0.39, 0.29) is 13.2 Å². The lowest BCUT2D eigenvalue weighted by Crippen LogP contribution is -2.64. The summed E-state index contributed by atoms with van der Waals surface area (Å²) in [4.78, 5) is 39.2. The molecule has 166 valence electrons. The Kier molecular flexibility index (Phi) is 7.25. The summed E-state index contributed by atoms with van der Waals surface area (Å²) in [6.45, 7) is 4.64. The predicted octanol–water partition coefficient (Wildman–Crippen LogP) is 3.97. The van der Waals surface area contributed by atoms with E-state index in [0.29, 0.717) is 11.1 Å². The fourth-order valence-electron chi connectivity index (χ4n) is 3.99. The number of carbonyl (C=O) groups excluding carboxylic acids is 3. The van der Waals surface area contributed by atoms with Gasteiger partial charge < -0.3 is 14.8 Å². The highest BCUT2D eigenvalue weighted by Crippen LogP contribution is 2.38. The molecule has 32 heavy (non-hydrogen) atoms. The summed E-state index contributed by atoms with van der Waals surface area (Å²) < 4.78 is 10.7. The number of hydrogen-bond donors (Lipinski definition) is 1. The molecule has 0 heterocycles. The van der Waals surface area contributed by atoms with Crippen LogP contribution in [-0.4, -0.2) is 36.6 Å². The number of ether oxygens (including phenoxy) is 2. The molecule has 0 bridgehead atoms. The molecule has 1 amide bonds. The van der Waals surface area contributed by atoms with Crippen molar-refractivity contribution in [1.82, 2.24) is 5.32 Å². The summed E-state index contributed by atoms with van der Waals surface area (Å²) in [6, 6.07) is 22.6. The molecule has 3 aromatic rings. The molecule has 3 aromatic carbocycles. The largest absolute Gasteiger partial charge is 0.464 e. The van der Waals surface area contributed by atoms with Crippen LogP contribution in [-0.2, 0) is 23.9 Å². The molecular weight excluding hydrogens is 406 g/mol. The topological polar surface area (TPSA) is 81.7 Å². The van der Waals surface area contributed by atoms with Crippen molar-refractivity contribution in [2.24, 2.45) is 0 Å². The molecule has 0 aliphatic carbocycles. The lowest BCUT2D eigenvalue weighted by Gasteiger charge is -2.37. The van der Waals surface area contributed by atoms with Crippen molar-refractivity contribution in [1.29, 1.82) is 0 Å². The summed E-state index contributed by atoms with van der Waals surface area (Å²) in [5.41, 5.74) is -0.760. The van der Waals surface area contributed by atoms with Crippen LogP contribution in [0.4, 0.5) is 0 Å². The number of nitrogens with one attached hydrogen (secondary N) is 1. The molecule has 0 unspecified atom stereocenters. The Labute approximate surface area is 187 Å². The molecular formula is C26H27NO5. The summed E-state index contributed by atoms with van der Waals surface area (Å²) in [7, 11) is 0. The maximum absolute atomic E-state index is 13.4. The van der Waals surface area contributed by atoms with E-state index in [2.05, 4.69) is 5.32 Å². The first kappa shape index (κ1) is 23.0. The van der Waals surface area contributed by atoms with E-state index in [1.807, 2.05) is 72.8 Å². The molecule has 0 aromatic heterocycles. The highest BCUT2D eigenvalue weighted by atomic mass is 16.6. The first-order valence-electron chi connectivity index (χ1n) is 10.6. The van der Waals surface area contributed by atoms with Gasteiger partial charge in [0.05, 0.1) is 19.1 Å². The average molecular weight is 434 g/mol. The van der Waals surface area contributed by atoms with Crippen LogP contribution in [0.5, 0.6) is 0 Å². The molecule has 0 fully saturated rings. The number of fused-ring (bicyclic) bond motifs is 1. The standard InChI is InChI=1S/C26H27NO5/c1-4-31-24(29)26(27-18(3)28,25(30)32-5-2)23(20-12-7-6-8-13-20)22-16-15-19-11-9-10-14-21(19)17-22/h6-17,23H,4-5H2,1-3H3,(H,27,28)/t23-/m1/s1. The van der Waals surface area contributed by atoms with Gasteiger partial charge in [0.1, 0.15) is 0 Å². The highest BCUT2D eigenvalue weighted by molar-refractivity contribution is 6.09. The van der Waals surface area contributed by atoms with E-state index in [9.17, 15) is 14.4 Å². The zero-order valence-corrected chi connectivity index (χ0v) is 18.5. The average Bonchev–Trinajstić information content (AvgIpc) is 2.79. The first-order chi connectivity index (χ1) is 15.4. The second-order valence-electron chi connectivity index (χ2n) is 7.38. The Morgan fingerprint density at radius 1 is 0.781 bits per heavy atom. The molecule has 0 aliphatic heterocycles. The van der Waals surface area contributed by atoms with Gasteiger partial charge in [-0.25, -0.2) is 9.59 Å². The molecule has 0 radical (unpaired) electrons. The van der Waals surface area contributed by atoms with Gasteiger partial charge in [0, 0.05) is 6.92 Å². The zero-order chi connectivity index (χ0) is 23.1. The van der Waals surface area contributed by atoms with Crippen LogP contribution in [0.15, 0.2) is 72.8 Å². The van der Waals surface area contributed by atoms with E-state index < -0.39 is 29.3 Å². The third-order valence-electron chi connectivity index (χ3n) is 5.24. The minimum Gasteiger partial charge on any atom is -0.464 e. The summed E-state index contributed by atoms with van der Waals surface area (Å²) in [5, 5.41) is 4.57. The molecule has 0 saturated carbocycles. The van der Waals surface area contributed by atoms with Crippen LogP contribution < -0.4 is 5.32 Å². The van der Waals surface area contributed by atoms with E-state index in [1.54, 1.807) is 13.8 Å². The summed E-state index contributed by atoms with van der Waals surface area (Å²) in [5.74, 6) is -3.16. The fraction of sp³-hybridized carbons (Fsp3) is 0.269. The third-order valence-corrected chi connectivity index (χ3v) is 5.24. The second kappa shape index (κ2) is 10.1. The lowest BCUT2D eigenvalue weighted by atomic mass is 9.74. The van der Waals surface area contributed by atoms with E-state index >= 15 is 0 Å². The van der Waals surface area contributed by atoms with Crippen molar-refractivity contribution >= 4 is 28.6 Å². The Balaban J connectivity index is 2.35. The zero-order valence-electron chi connectivity index (χ0n) is 18.5. The molecule has 1 N–H and O–H groups in total. The van der Waals surface area contributed by atoms with Gasteiger partial charge in [-0.2, -0.15) is 0 Å². The smallest absolute Gasteiger partial charge is 0.344 e.